The van der Waals surface area contributed by atoms with E-state index in [9.17, 15) is 4.79 Å². The van der Waals surface area contributed by atoms with Gasteiger partial charge in [0.2, 0.25) is 5.91 Å². The van der Waals surface area contributed by atoms with Crippen molar-refractivity contribution in [3.05, 3.63) is 35.9 Å². The molecule has 0 bridgehead atoms. The first kappa shape index (κ1) is 19.9. The zero-order chi connectivity index (χ0) is 15.0. The van der Waals surface area contributed by atoms with Gasteiger partial charge in [0.1, 0.15) is 6.04 Å². The second-order valence-electron chi connectivity index (χ2n) is 4.93. The van der Waals surface area contributed by atoms with Gasteiger partial charge in [0.15, 0.2) is 0 Å². The molecule has 4 nitrogen and oxygen atoms in total. The van der Waals surface area contributed by atoms with Crippen molar-refractivity contribution < 1.29 is 9.53 Å². The van der Waals surface area contributed by atoms with E-state index in [-0.39, 0.29) is 31.0 Å². The summed E-state index contributed by atoms with van der Waals surface area (Å²) >= 11 is 0. The molecule has 5 heteroatoms. The van der Waals surface area contributed by atoms with E-state index in [2.05, 4.69) is 26.0 Å². The number of rotatable bonds is 8. The molecule has 0 spiro atoms. The molecule has 120 valence electrons. The summed E-state index contributed by atoms with van der Waals surface area (Å²) in [6, 6.07) is 9.59. The molecule has 21 heavy (non-hydrogen) atoms. The Morgan fingerprint density at radius 1 is 1.29 bits per heavy atom. The van der Waals surface area contributed by atoms with Gasteiger partial charge in [-0.3, -0.25) is 4.79 Å². The maximum atomic E-state index is 12.5. The maximum Gasteiger partial charge on any atom is 0.242 e. The van der Waals surface area contributed by atoms with Gasteiger partial charge in [-0.05, 0) is 18.4 Å². The third kappa shape index (κ3) is 5.65. The summed E-state index contributed by atoms with van der Waals surface area (Å²) in [4.78, 5) is 14.4. The van der Waals surface area contributed by atoms with Crippen LogP contribution in [0.2, 0.25) is 0 Å². The number of nitrogens with zero attached hydrogens (tertiary/aromatic N) is 1. The number of hydrogen-bond donors (Lipinski definition) is 1. The van der Waals surface area contributed by atoms with Gasteiger partial charge in [-0.25, -0.2) is 0 Å². The quantitative estimate of drug-likeness (QED) is 0.802. The van der Waals surface area contributed by atoms with Crippen LogP contribution in [0, 0.1) is 0 Å². The summed E-state index contributed by atoms with van der Waals surface area (Å²) in [7, 11) is 1.56. The number of hydrogen-bond acceptors (Lipinski definition) is 3. The van der Waals surface area contributed by atoms with Gasteiger partial charge in [0.25, 0.3) is 0 Å². The van der Waals surface area contributed by atoms with Crippen molar-refractivity contribution in [2.45, 2.75) is 38.8 Å². The number of nitrogens with two attached hydrogens (primary N) is 1. The minimum absolute atomic E-state index is 0. The molecule has 1 rings (SSSR count). The molecule has 0 aromatic heterocycles. The Balaban J connectivity index is 0.00000400. The fraction of sp³-hybridized carbons (Fsp3) is 0.562. The molecule has 2 unspecified atom stereocenters. The van der Waals surface area contributed by atoms with Crippen LogP contribution in [0.1, 0.15) is 38.3 Å². The van der Waals surface area contributed by atoms with E-state index < -0.39 is 6.04 Å². The molecule has 0 aliphatic rings. The number of carbonyl (C=O) groups is 1. The number of halogens is 1. The van der Waals surface area contributed by atoms with Gasteiger partial charge in [-0.2, -0.15) is 0 Å². The summed E-state index contributed by atoms with van der Waals surface area (Å²) in [5, 5.41) is 0. The molecule has 0 saturated carbocycles. The molecule has 0 heterocycles. The van der Waals surface area contributed by atoms with Crippen molar-refractivity contribution in [2.75, 3.05) is 20.3 Å². The lowest BCUT2D eigenvalue weighted by molar-refractivity contribution is -0.136. The molecule has 1 aromatic rings. The van der Waals surface area contributed by atoms with E-state index in [0.29, 0.717) is 6.54 Å². The zero-order valence-electron chi connectivity index (χ0n) is 13.1. The smallest absolute Gasteiger partial charge is 0.242 e. The van der Waals surface area contributed by atoms with Crippen molar-refractivity contribution in [3.8, 4) is 0 Å². The molecule has 0 saturated heterocycles. The number of ether oxygens (including phenoxy) is 1. The second kappa shape index (κ2) is 10.6. The first-order valence-electron chi connectivity index (χ1n) is 7.25. The first-order chi connectivity index (χ1) is 9.65. The highest BCUT2D eigenvalue weighted by atomic mass is 35.5. The number of amides is 1. The second-order valence-corrected chi connectivity index (χ2v) is 4.93. The van der Waals surface area contributed by atoms with Gasteiger partial charge < -0.3 is 15.4 Å². The number of methoxy groups -OCH3 is 1. The Morgan fingerprint density at radius 2 is 1.90 bits per heavy atom. The van der Waals surface area contributed by atoms with Crippen molar-refractivity contribution in [1.82, 2.24) is 4.90 Å². The molecule has 1 aromatic carbocycles. The van der Waals surface area contributed by atoms with E-state index in [1.165, 1.54) is 0 Å². The van der Waals surface area contributed by atoms with E-state index in [1.807, 2.05) is 23.1 Å². The van der Waals surface area contributed by atoms with Crippen LogP contribution in [-0.4, -0.2) is 37.1 Å². The lowest BCUT2D eigenvalue weighted by Crippen LogP contribution is -2.47. The van der Waals surface area contributed by atoms with E-state index in [1.54, 1.807) is 7.11 Å². The fourth-order valence-electron chi connectivity index (χ4n) is 2.44. The summed E-state index contributed by atoms with van der Waals surface area (Å²) < 4.78 is 5.00. The third-order valence-electron chi connectivity index (χ3n) is 3.36. The Labute approximate surface area is 134 Å². The normalized spacial score (nSPS) is 13.1. The zero-order valence-corrected chi connectivity index (χ0v) is 13.9. The number of carbonyl (C=O) groups excluding carboxylic acids is 1. The molecule has 0 radical (unpaired) electrons. The number of benzene rings is 1. The van der Waals surface area contributed by atoms with E-state index in [4.69, 9.17) is 10.5 Å². The molecule has 0 aliphatic carbocycles. The van der Waals surface area contributed by atoms with Gasteiger partial charge >= 0.3 is 0 Å². The van der Waals surface area contributed by atoms with Crippen molar-refractivity contribution in [1.29, 1.82) is 0 Å². The van der Waals surface area contributed by atoms with Crippen molar-refractivity contribution >= 4 is 18.3 Å². The molecule has 2 N–H and O–H groups in total. The summed E-state index contributed by atoms with van der Waals surface area (Å²) in [5.41, 5.74) is 7.07. The highest BCUT2D eigenvalue weighted by Crippen LogP contribution is 2.24. The van der Waals surface area contributed by atoms with Crippen LogP contribution in [0.4, 0.5) is 0 Å². The van der Waals surface area contributed by atoms with Crippen LogP contribution in [0.5, 0.6) is 0 Å². The van der Waals surface area contributed by atoms with E-state index in [0.717, 1.165) is 18.4 Å². The van der Waals surface area contributed by atoms with Gasteiger partial charge in [-0.1, -0.05) is 44.2 Å². The molecule has 2 atom stereocenters. The fourth-order valence-corrected chi connectivity index (χ4v) is 2.44. The highest BCUT2D eigenvalue weighted by molar-refractivity contribution is 5.85. The lowest BCUT2D eigenvalue weighted by Gasteiger charge is -2.33. The van der Waals surface area contributed by atoms with Gasteiger partial charge in [0.05, 0.1) is 12.6 Å². The van der Waals surface area contributed by atoms with Crippen LogP contribution in [0.25, 0.3) is 0 Å². The first-order valence-corrected chi connectivity index (χ1v) is 7.25. The SMILES string of the molecule is CCCN(C(=O)C(N)COC)C(CC)c1ccccc1.Cl. The monoisotopic (exact) mass is 314 g/mol. The minimum atomic E-state index is -0.593. The predicted octanol–water partition coefficient (Wildman–Crippen LogP) is 2.77. The Morgan fingerprint density at radius 3 is 2.38 bits per heavy atom. The topological polar surface area (TPSA) is 55.6 Å². The molecule has 0 aliphatic heterocycles. The summed E-state index contributed by atoms with van der Waals surface area (Å²) in [6.45, 7) is 5.13. The third-order valence-corrected chi connectivity index (χ3v) is 3.36. The van der Waals surface area contributed by atoms with Crippen LogP contribution in [-0.2, 0) is 9.53 Å². The Hall–Kier alpha value is -1.10. The molecular formula is C16H27ClN2O2. The molecule has 1 amide bonds. The molecular weight excluding hydrogens is 288 g/mol. The average molecular weight is 315 g/mol. The standard InChI is InChI=1S/C16H26N2O2.ClH/c1-4-11-18(16(19)14(17)12-20-3)15(5-2)13-9-7-6-8-10-13;/h6-10,14-15H,4-5,11-12,17H2,1-3H3;1H. The van der Waals surface area contributed by atoms with Crippen LogP contribution in [0.15, 0.2) is 30.3 Å². The Bertz CT molecular complexity index is 401. The summed E-state index contributed by atoms with van der Waals surface area (Å²) in [5.74, 6) is -0.0376. The van der Waals surface area contributed by atoms with Crippen molar-refractivity contribution in [2.24, 2.45) is 5.73 Å². The van der Waals surface area contributed by atoms with Crippen LogP contribution < -0.4 is 5.73 Å². The van der Waals surface area contributed by atoms with Crippen LogP contribution in [0.3, 0.4) is 0 Å². The minimum Gasteiger partial charge on any atom is -0.383 e. The average Bonchev–Trinajstić information content (AvgIpc) is 2.47. The van der Waals surface area contributed by atoms with Crippen molar-refractivity contribution in [3.63, 3.8) is 0 Å². The highest BCUT2D eigenvalue weighted by Gasteiger charge is 2.27. The van der Waals surface area contributed by atoms with E-state index >= 15 is 0 Å². The largest absolute Gasteiger partial charge is 0.383 e. The Kier molecular flexibility index (Phi) is 10.0. The van der Waals surface area contributed by atoms with Crippen LogP contribution >= 0.6 is 12.4 Å². The lowest BCUT2D eigenvalue weighted by atomic mass is 10.0. The van der Waals surface area contributed by atoms with Gasteiger partial charge in [0, 0.05) is 13.7 Å². The maximum absolute atomic E-state index is 12.5. The summed E-state index contributed by atoms with van der Waals surface area (Å²) in [6.07, 6.45) is 1.78. The van der Waals surface area contributed by atoms with Gasteiger partial charge in [-0.15, -0.1) is 12.4 Å². The molecule has 0 fully saturated rings. The predicted molar refractivity (Wildman–Crippen MR) is 88.6 cm³/mol.